The smallest absolute Gasteiger partial charge is 0.262 e. The monoisotopic (exact) mass is 449 g/mol. The van der Waals surface area contributed by atoms with Gasteiger partial charge in [0.1, 0.15) is 11.6 Å². The largest absolute Gasteiger partial charge is 0.484 e. The Hall–Kier alpha value is -1.11. The number of ether oxygens (including phenoxy) is 1. The molecule has 0 radical (unpaired) electrons. The first-order chi connectivity index (χ1) is 10.4. The molecule has 0 atom stereocenters. The molecule has 1 amide bonds. The first-order valence-electron chi connectivity index (χ1n) is 6.20. The summed E-state index contributed by atoms with van der Waals surface area (Å²) in [5.74, 6) is -0.555. The summed E-state index contributed by atoms with van der Waals surface area (Å²) in [6.45, 7) is 1.73. The van der Waals surface area contributed by atoms with Gasteiger partial charge in [0.25, 0.3) is 5.91 Å². The molecule has 22 heavy (non-hydrogen) atoms. The molecule has 2 aromatic rings. The van der Waals surface area contributed by atoms with Gasteiger partial charge in [0.15, 0.2) is 6.61 Å². The van der Waals surface area contributed by atoms with E-state index in [0.29, 0.717) is 11.4 Å². The van der Waals surface area contributed by atoms with Gasteiger partial charge in [-0.3, -0.25) is 4.79 Å². The fourth-order valence-electron chi connectivity index (χ4n) is 1.71. The number of nitrogens with one attached hydrogen (secondary N) is 1. The zero-order valence-electron chi connectivity index (χ0n) is 11.4. The predicted molar refractivity (Wildman–Crippen MR) is 92.1 cm³/mol. The van der Waals surface area contributed by atoms with E-state index in [1.807, 2.05) is 19.1 Å². The van der Waals surface area contributed by atoms with E-state index in [2.05, 4.69) is 37.2 Å². The van der Waals surface area contributed by atoms with E-state index in [1.54, 1.807) is 0 Å². The van der Waals surface area contributed by atoms with Crippen LogP contribution >= 0.6 is 43.5 Å². The number of hydrogen-bond acceptors (Lipinski definition) is 2. The third-order valence-corrected chi connectivity index (χ3v) is 4.25. The molecule has 3 nitrogen and oxygen atoms in total. The van der Waals surface area contributed by atoms with Crippen molar-refractivity contribution in [1.82, 2.24) is 0 Å². The third-order valence-electron chi connectivity index (χ3n) is 2.71. The summed E-state index contributed by atoms with van der Waals surface area (Å²) in [7, 11) is 0. The molecule has 0 fully saturated rings. The summed E-state index contributed by atoms with van der Waals surface area (Å²) in [4.78, 5) is 11.9. The molecule has 0 bridgehead atoms. The first-order valence-corrected chi connectivity index (χ1v) is 8.16. The molecular formula is C15H11Br2ClFNO2. The van der Waals surface area contributed by atoms with Crippen LogP contribution in [0.25, 0.3) is 0 Å². The van der Waals surface area contributed by atoms with Gasteiger partial charge in [0.2, 0.25) is 0 Å². The first kappa shape index (κ1) is 17.2. The number of benzene rings is 2. The summed E-state index contributed by atoms with van der Waals surface area (Å²) in [6, 6.07) is 7.69. The highest BCUT2D eigenvalue weighted by Gasteiger charge is 2.11. The minimum absolute atomic E-state index is 0.0538. The highest BCUT2D eigenvalue weighted by molar-refractivity contribution is 9.11. The standard InChI is InChI=1S/C15H11Br2ClFNO2/c1-8-4-10(16)15(11(17)5-8)20-14(21)7-22-9-2-3-13(19)12(18)6-9/h2-6H,7H2,1H3,(H,20,21). The molecule has 0 saturated heterocycles. The molecule has 0 aliphatic carbocycles. The van der Waals surface area contributed by atoms with Crippen LogP contribution in [-0.4, -0.2) is 12.5 Å². The highest BCUT2D eigenvalue weighted by Crippen LogP contribution is 2.32. The van der Waals surface area contributed by atoms with Gasteiger partial charge in [-0.15, -0.1) is 0 Å². The van der Waals surface area contributed by atoms with Crippen molar-refractivity contribution in [3.8, 4) is 5.75 Å². The summed E-state index contributed by atoms with van der Waals surface area (Å²) in [5, 5.41) is 2.68. The van der Waals surface area contributed by atoms with Crippen LogP contribution in [0.15, 0.2) is 39.3 Å². The molecule has 116 valence electrons. The van der Waals surface area contributed by atoms with Crippen LogP contribution < -0.4 is 10.1 Å². The average Bonchev–Trinajstić information content (AvgIpc) is 2.44. The topological polar surface area (TPSA) is 38.3 Å². The maximum Gasteiger partial charge on any atom is 0.262 e. The van der Waals surface area contributed by atoms with Gasteiger partial charge < -0.3 is 10.1 Å². The van der Waals surface area contributed by atoms with Gasteiger partial charge in [-0.05, 0) is 68.6 Å². The van der Waals surface area contributed by atoms with E-state index < -0.39 is 5.82 Å². The summed E-state index contributed by atoms with van der Waals surface area (Å²) >= 11 is 12.4. The van der Waals surface area contributed by atoms with Crippen molar-refractivity contribution in [2.24, 2.45) is 0 Å². The van der Waals surface area contributed by atoms with Gasteiger partial charge in [0.05, 0.1) is 10.7 Å². The van der Waals surface area contributed by atoms with E-state index >= 15 is 0 Å². The number of halogens is 4. The number of hydrogen-bond donors (Lipinski definition) is 1. The van der Waals surface area contributed by atoms with Crippen molar-refractivity contribution in [3.05, 3.63) is 55.7 Å². The molecule has 0 heterocycles. The predicted octanol–water partition coefficient (Wildman–Crippen LogP) is 5.33. The Bertz CT molecular complexity index is 702. The van der Waals surface area contributed by atoms with E-state index in [4.69, 9.17) is 16.3 Å². The fraction of sp³-hybridized carbons (Fsp3) is 0.133. The molecule has 7 heteroatoms. The lowest BCUT2D eigenvalue weighted by Crippen LogP contribution is -2.20. The molecule has 0 aliphatic heterocycles. The van der Waals surface area contributed by atoms with E-state index in [9.17, 15) is 9.18 Å². The SMILES string of the molecule is Cc1cc(Br)c(NC(=O)COc2ccc(F)c(Cl)c2)c(Br)c1. The molecule has 1 N–H and O–H groups in total. The Morgan fingerprint density at radius 2 is 1.91 bits per heavy atom. The fourth-order valence-corrected chi connectivity index (χ4v) is 3.49. The van der Waals surface area contributed by atoms with Crippen molar-refractivity contribution < 1.29 is 13.9 Å². The lowest BCUT2D eigenvalue weighted by atomic mass is 10.2. The maximum absolute atomic E-state index is 13.0. The number of carbonyl (C=O) groups is 1. The van der Waals surface area contributed by atoms with Crippen LogP contribution in [0.3, 0.4) is 0 Å². The Morgan fingerprint density at radius 1 is 1.27 bits per heavy atom. The number of anilines is 1. The number of carbonyl (C=O) groups excluding carboxylic acids is 1. The second-order valence-electron chi connectivity index (χ2n) is 4.52. The van der Waals surface area contributed by atoms with Gasteiger partial charge in [0, 0.05) is 15.0 Å². The van der Waals surface area contributed by atoms with Crippen molar-refractivity contribution >= 4 is 55.1 Å². The summed E-state index contributed by atoms with van der Waals surface area (Å²) in [6.07, 6.45) is 0. The molecule has 2 aromatic carbocycles. The van der Waals surface area contributed by atoms with E-state index in [1.165, 1.54) is 18.2 Å². The highest BCUT2D eigenvalue weighted by atomic mass is 79.9. The zero-order valence-corrected chi connectivity index (χ0v) is 15.4. The minimum Gasteiger partial charge on any atom is -0.484 e. The van der Waals surface area contributed by atoms with Gasteiger partial charge in [-0.1, -0.05) is 11.6 Å². The van der Waals surface area contributed by atoms with Gasteiger partial charge in [-0.2, -0.15) is 0 Å². The second kappa shape index (κ2) is 7.44. The van der Waals surface area contributed by atoms with Crippen molar-refractivity contribution in [1.29, 1.82) is 0 Å². The Morgan fingerprint density at radius 3 is 2.50 bits per heavy atom. The lowest BCUT2D eigenvalue weighted by molar-refractivity contribution is -0.118. The maximum atomic E-state index is 13.0. The zero-order chi connectivity index (χ0) is 16.3. The van der Waals surface area contributed by atoms with Crippen molar-refractivity contribution in [2.45, 2.75) is 6.92 Å². The Labute approximate surface area is 149 Å². The van der Waals surface area contributed by atoms with Crippen LogP contribution in [0.2, 0.25) is 5.02 Å². The molecule has 0 aliphatic rings. The molecule has 0 saturated carbocycles. The van der Waals surface area contributed by atoms with Crippen LogP contribution in [0.5, 0.6) is 5.75 Å². The summed E-state index contributed by atoms with van der Waals surface area (Å²) < 4.78 is 19.8. The van der Waals surface area contributed by atoms with Crippen molar-refractivity contribution in [3.63, 3.8) is 0 Å². The quantitative estimate of drug-likeness (QED) is 0.682. The van der Waals surface area contributed by atoms with Crippen LogP contribution in [0.4, 0.5) is 10.1 Å². The molecule has 2 rings (SSSR count). The van der Waals surface area contributed by atoms with Crippen molar-refractivity contribution in [2.75, 3.05) is 11.9 Å². The molecule has 0 aromatic heterocycles. The Kier molecular flexibility index (Phi) is 5.83. The van der Waals surface area contributed by atoms with Crippen LogP contribution in [-0.2, 0) is 4.79 Å². The average molecular weight is 452 g/mol. The minimum atomic E-state index is -0.536. The van der Waals surface area contributed by atoms with E-state index in [0.717, 1.165) is 14.5 Å². The number of aryl methyl sites for hydroxylation is 1. The normalized spacial score (nSPS) is 10.4. The second-order valence-corrected chi connectivity index (χ2v) is 6.63. The number of amides is 1. The van der Waals surface area contributed by atoms with Crippen LogP contribution in [0.1, 0.15) is 5.56 Å². The molecular weight excluding hydrogens is 440 g/mol. The summed E-state index contributed by atoms with van der Waals surface area (Å²) in [5.41, 5.74) is 1.67. The Balaban J connectivity index is 2.00. The van der Waals surface area contributed by atoms with Gasteiger partial charge >= 0.3 is 0 Å². The molecule has 0 unspecified atom stereocenters. The molecule has 0 spiro atoms. The van der Waals surface area contributed by atoms with E-state index in [-0.39, 0.29) is 17.5 Å². The number of rotatable bonds is 4. The third kappa shape index (κ3) is 4.44. The lowest BCUT2D eigenvalue weighted by Gasteiger charge is -2.11. The van der Waals surface area contributed by atoms with Gasteiger partial charge in [-0.25, -0.2) is 4.39 Å². The van der Waals surface area contributed by atoms with Crippen LogP contribution in [0, 0.1) is 12.7 Å².